The summed E-state index contributed by atoms with van der Waals surface area (Å²) in [5.41, 5.74) is 0.966. The first-order chi connectivity index (χ1) is 12.4. The summed E-state index contributed by atoms with van der Waals surface area (Å²) in [6.45, 7) is 11.0. The molecule has 0 spiro atoms. The maximum atomic E-state index is 13.1. The van der Waals surface area contributed by atoms with E-state index in [1.165, 1.54) is 6.92 Å². The molecule has 2 aliphatic rings. The lowest BCUT2D eigenvalue weighted by Crippen LogP contribution is -2.43. The standard InChI is InChI=1S/C22H28O5/c1-11(2)13-10-14-15(19(17(13)25)27-12(3)23)22(6)9-7-8-21(4,5)20(22)18(26)16(14)24/h10-11,25-26H,7-9H2,1-6H3/t22-/m1/s1. The van der Waals surface area contributed by atoms with Gasteiger partial charge in [0, 0.05) is 29.0 Å². The molecule has 5 heteroatoms. The first-order valence-corrected chi connectivity index (χ1v) is 9.49. The normalized spacial score (nSPS) is 23.9. The van der Waals surface area contributed by atoms with Gasteiger partial charge in [0.05, 0.1) is 0 Å². The van der Waals surface area contributed by atoms with Crippen molar-refractivity contribution in [3.05, 3.63) is 34.1 Å². The fraction of sp³-hybridized carbons (Fsp3) is 0.545. The molecular formula is C22H28O5. The Morgan fingerprint density at radius 2 is 1.81 bits per heavy atom. The van der Waals surface area contributed by atoms with Crippen molar-refractivity contribution in [3.8, 4) is 11.5 Å². The van der Waals surface area contributed by atoms with Crippen LogP contribution in [0.1, 0.15) is 88.2 Å². The molecule has 1 aromatic rings. The van der Waals surface area contributed by atoms with Crippen molar-refractivity contribution in [2.75, 3.05) is 0 Å². The minimum Gasteiger partial charge on any atom is -0.504 e. The number of carbonyl (C=O) groups is 2. The molecule has 1 fully saturated rings. The van der Waals surface area contributed by atoms with E-state index >= 15 is 0 Å². The van der Waals surface area contributed by atoms with E-state index in [4.69, 9.17) is 4.74 Å². The molecule has 0 heterocycles. The first kappa shape index (κ1) is 19.5. The number of allylic oxidation sites excluding steroid dienone is 2. The van der Waals surface area contributed by atoms with Crippen LogP contribution in [0.4, 0.5) is 0 Å². The number of hydrogen-bond acceptors (Lipinski definition) is 5. The number of phenols is 1. The average molecular weight is 372 g/mol. The van der Waals surface area contributed by atoms with Crippen molar-refractivity contribution < 1.29 is 24.5 Å². The Morgan fingerprint density at radius 1 is 1.19 bits per heavy atom. The molecule has 0 amide bonds. The Kier molecular flexibility index (Phi) is 4.41. The van der Waals surface area contributed by atoms with Crippen LogP contribution >= 0.6 is 0 Å². The number of aliphatic hydroxyl groups is 1. The molecule has 1 aromatic carbocycles. The molecule has 0 unspecified atom stereocenters. The number of aliphatic hydroxyl groups excluding tert-OH is 1. The number of phenolic OH excluding ortho intramolecular Hbond substituents is 1. The van der Waals surface area contributed by atoms with Crippen molar-refractivity contribution in [3.63, 3.8) is 0 Å². The number of carbonyl (C=O) groups excluding carboxylic acids is 2. The Balaban J connectivity index is 2.43. The fourth-order valence-electron chi connectivity index (χ4n) is 5.03. The van der Waals surface area contributed by atoms with E-state index < -0.39 is 17.2 Å². The number of ether oxygens (including phenoxy) is 1. The fourth-order valence-corrected chi connectivity index (χ4v) is 5.03. The van der Waals surface area contributed by atoms with Gasteiger partial charge in [-0.05, 0) is 35.8 Å². The van der Waals surface area contributed by atoms with Crippen LogP contribution in [0.25, 0.3) is 0 Å². The molecule has 27 heavy (non-hydrogen) atoms. The van der Waals surface area contributed by atoms with Gasteiger partial charge in [-0.3, -0.25) is 9.59 Å². The molecule has 0 radical (unpaired) electrons. The van der Waals surface area contributed by atoms with Crippen LogP contribution in [0.2, 0.25) is 0 Å². The van der Waals surface area contributed by atoms with Gasteiger partial charge in [-0.25, -0.2) is 0 Å². The van der Waals surface area contributed by atoms with E-state index in [0.717, 1.165) is 12.8 Å². The predicted molar refractivity (Wildman–Crippen MR) is 102 cm³/mol. The Labute approximate surface area is 160 Å². The van der Waals surface area contributed by atoms with Crippen molar-refractivity contribution in [1.82, 2.24) is 0 Å². The Morgan fingerprint density at radius 3 is 2.37 bits per heavy atom. The first-order valence-electron chi connectivity index (χ1n) is 9.49. The lowest BCUT2D eigenvalue weighted by molar-refractivity contribution is -0.132. The van der Waals surface area contributed by atoms with Crippen LogP contribution in [0.5, 0.6) is 11.5 Å². The van der Waals surface area contributed by atoms with Crippen LogP contribution in [0, 0.1) is 5.41 Å². The van der Waals surface area contributed by atoms with E-state index in [2.05, 4.69) is 0 Å². The third kappa shape index (κ3) is 2.75. The van der Waals surface area contributed by atoms with Crippen LogP contribution in [0.15, 0.2) is 17.4 Å². The van der Waals surface area contributed by atoms with E-state index in [9.17, 15) is 19.8 Å². The summed E-state index contributed by atoms with van der Waals surface area (Å²) in [5.74, 6) is -1.36. The van der Waals surface area contributed by atoms with E-state index in [1.54, 1.807) is 6.07 Å². The van der Waals surface area contributed by atoms with Crippen molar-refractivity contribution in [2.45, 2.75) is 72.1 Å². The molecule has 0 aromatic heterocycles. The molecule has 2 aliphatic carbocycles. The monoisotopic (exact) mass is 372 g/mol. The third-order valence-electron chi connectivity index (χ3n) is 6.11. The second kappa shape index (κ2) is 6.11. The van der Waals surface area contributed by atoms with Crippen LogP contribution in [0.3, 0.4) is 0 Å². The van der Waals surface area contributed by atoms with Crippen LogP contribution < -0.4 is 4.74 Å². The van der Waals surface area contributed by atoms with Gasteiger partial charge in [0.1, 0.15) is 0 Å². The van der Waals surface area contributed by atoms with E-state index in [0.29, 0.717) is 28.7 Å². The highest BCUT2D eigenvalue weighted by Gasteiger charge is 2.52. The second-order valence-corrected chi connectivity index (χ2v) is 8.94. The summed E-state index contributed by atoms with van der Waals surface area (Å²) in [6.07, 6.45) is 2.45. The summed E-state index contributed by atoms with van der Waals surface area (Å²) in [6, 6.07) is 1.64. The van der Waals surface area contributed by atoms with Crippen LogP contribution in [-0.2, 0) is 10.2 Å². The largest absolute Gasteiger partial charge is 0.504 e. The number of rotatable bonds is 2. The SMILES string of the molecule is CC(=O)Oc1c(O)c(C(C)C)cc2c1[C@@]1(C)CCCC(C)(C)C1=C(O)C2=O. The lowest BCUT2D eigenvalue weighted by Gasteiger charge is -2.49. The summed E-state index contributed by atoms with van der Waals surface area (Å²) >= 11 is 0. The zero-order valence-electron chi connectivity index (χ0n) is 16.9. The highest BCUT2D eigenvalue weighted by Crippen LogP contribution is 2.59. The third-order valence-corrected chi connectivity index (χ3v) is 6.11. The molecule has 146 valence electrons. The van der Waals surface area contributed by atoms with Gasteiger partial charge in [0.2, 0.25) is 5.78 Å². The summed E-state index contributed by atoms with van der Waals surface area (Å²) < 4.78 is 5.45. The van der Waals surface area contributed by atoms with Gasteiger partial charge >= 0.3 is 5.97 Å². The predicted octanol–water partition coefficient (Wildman–Crippen LogP) is 4.92. The molecule has 2 N–H and O–H groups in total. The number of aromatic hydroxyl groups is 1. The minimum absolute atomic E-state index is 0.0576. The Hall–Kier alpha value is -2.30. The average Bonchev–Trinajstić information content (AvgIpc) is 2.52. The van der Waals surface area contributed by atoms with Gasteiger partial charge in [-0.2, -0.15) is 0 Å². The maximum Gasteiger partial charge on any atom is 0.308 e. The van der Waals surface area contributed by atoms with Gasteiger partial charge in [0.15, 0.2) is 17.3 Å². The quantitative estimate of drug-likeness (QED) is 0.569. The maximum absolute atomic E-state index is 13.1. The molecule has 0 aliphatic heterocycles. The number of hydrogen-bond donors (Lipinski definition) is 2. The zero-order chi connectivity index (χ0) is 20.3. The molecule has 1 atom stereocenters. The zero-order valence-corrected chi connectivity index (χ0v) is 16.9. The number of benzene rings is 1. The van der Waals surface area contributed by atoms with Gasteiger partial charge in [-0.15, -0.1) is 0 Å². The molecule has 3 rings (SSSR count). The minimum atomic E-state index is -0.688. The summed E-state index contributed by atoms with van der Waals surface area (Å²) in [7, 11) is 0. The van der Waals surface area contributed by atoms with Gasteiger partial charge < -0.3 is 14.9 Å². The van der Waals surface area contributed by atoms with Crippen molar-refractivity contribution >= 4 is 11.8 Å². The smallest absolute Gasteiger partial charge is 0.308 e. The van der Waals surface area contributed by atoms with Crippen molar-refractivity contribution in [1.29, 1.82) is 0 Å². The number of esters is 1. The molecule has 1 saturated carbocycles. The van der Waals surface area contributed by atoms with E-state index in [-0.39, 0.29) is 28.6 Å². The van der Waals surface area contributed by atoms with Gasteiger partial charge in [-0.1, -0.05) is 41.0 Å². The molecule has 0 saturated heterocycles. The topological polar surface area (TPSA) is 83.8 Å². The molecular weight excluding hydrogens is 344 g/mol. The summed E-state index contributed by atoms with van der Waals surface area (Å²) in [5, 5.41) is 21.7. The number of ketones is 1. The Bertz CT molecular complexity index is 875. The van der Waals surface area contributed by atoms with E-state index in [1.807, 2.05) is 34.6 Å². The highest BCUT2D eigenvalue weighted by molar-refractivity contribution is 6.12. The number of Topliss-reactive ketones (excluding diaryl/α,β-unsaturated/α-hetero) is 1. The van der Waals surface area contributed by atoms with Gasteiger partial charge in [0.25, 0.3) is 0 Å². The summed E-state index contributed by atoms with van der Waals surface area (Å²) in [4.78, 5) is 24.9. The van der Waals surface area contributed by atoms with Crippen LogP contribution in [-0.4, -0.2) is 22.0 Å². The highest BCUT2D eigenvalue weighted by atomic mass is 16.5. The van der Waals surface area contributed by atoms with Crippen molar-refractivity contribution in [2.24, 2.45) is 5.41 Å². The lowest BCUT2D eigenvalue weighted by atomic mass is 9.54. The number of fused-ring (bicyclic) bond motifs is 3. The molecule has 5 nitrogen and oxygen atoms in total. The molecule has 0 bridgehead atoms. The second-order valence-electron chi connectivity index (χ2n) is 8.94.